The minimum atomic E-state index is -0.635. The number of nitrogens with one attached hydrogen (secondary N) is 1. The molecule has 1 aliphatic rings. The predicted molar refractivity (Wildman–Crippen MR) is 82.0 cm³/mol. The van der Waals surface area contributed by atoms with E-state index in [2.05, 4.69) is 20.3 Å². The molecule has 1 heterocycles. The molecule has 22 heavy (non-hydrogen) atoms. The maximum Gasteiger partial charge on any atom is 0.331 e. The second kappa shape index (κ2) is 6.99. The van der Waals surface area contributed by atoms with Gasteiger partial charge >= 0.3 is 5.97 Å². The van der Waals surface area contributed by atoms with Gasteiger partial charge in [0.1, 0.15) is 5.82 Å². The van der Waals surface area contributed by atoms with Gasteiger partial charge in [-0.2, -0.15) is 5.10 Å². The fraction of sp³-hybridized carbons (Fsp3) is 0.143. The van der Waals surface area contributed by atoms with E-state index in [1.807, 2.05) is 6.92 Å². The fourth-order valence-corrected chi connectivity index (χ4v) is 2.29. The van der Waals surface area contributed by atoms with Gasteiger partial charge in [-0.05, 0) is 30.8 Å². The lowest BCUT2D eigenvalue weighted by molar-refractivity contribution is -0.135. The van der Waals surface area contributed by atoms with Gasteiger partial charge in [-0.3, -0.25) is 10.1 Å². The molecule has 0 aromatic heterocycles. The Bertz CT molecular complexity index is 713. The highest BCUT2D eigenvalue weighted by Gasteiger charge is 2.24. The fourth-order valence-electron chi connectivity index (χ4n) is 1.55. The second-order valence-electron chi connectivity index (χ2n) is 4.26. The van der Waals surface area contributed by atoms with E-state index in [0.29, 0.717) is 5.56 Å². The van der Waals surface area contributed by atoms with Gasteiger partial charge in [0, 0.05) is 11.6 Å². The van der Waals surface area contributed by atoms with Crippen LogP contribution in [0.2, 0.25) is 0 Å². The Morgan fingerprint density at radius 3 is 2.95 bits per heavy atom. The zero-order valence-corrected chi connectivity index (χ0v) is 12.6. The van der Waals surface area contributed by atoms with Crippen molar-refractivity contribution >= 4 is 35.0 Å². The van der Waals surface area contributed by atoms with E-state index < -0.39 is 17.7 Å². The summed E-state index contributed by atoms with van der Waals surface area (Å²) in [5, 5.41) is 10.2. The first-order chi connectivity index (χ1) is 10.5. The van der Waals surface area contributed by atoms with E-state index in [4.69, 9.17) is 0 Å². The number of hydrogen-bond acceptors (Lipinski definition) is 6. The monoisotopic (exact) mass is 321 g/mol. The summed E-state index contributed by atoms with van der Waals surface area (Å²) >= 11 is 0.947. The summed E-state index contributed by atoms with van der Waals surface area (Å²) in [5.41, 5.74) is 1.19. The molecular weight excluding hydrogens is 309 g/mol. The lowest BCUT2D eigenvalue weighted by Crippen LogP contribution is -2.19. The molecule has 1 N–H and O–H groups in total. The van der Waals surface area contributed by atoms with Crippen molar-refractivity contribution in [2.24, 2.45) is 10.2 Å². The van der Waals surface area contributed by atoms with E-state index in [1.54, 1.807) is 12.1 Å². The van der Waals surface area contributed by atoms with Crippen LogP contribution in [-0.2, 0) is 14.3 Å². The molecular formula is C14H12FN3O3S. The highest BCUT2D eigenvalue weighted by Crippen LogP contribution is 2.23. The molecule has 8 heteroatoms. The van der Waals surface area contributed by atoms with Gasteiger partial charge in [0.2, 0.25) is 0 Å². The van der Waals surface area contributed by atoms with Gasteiger partial charge in [0.05, 0.1) is 18.2 Å². The van der Waals surface area contributed by atoms with Crippen LogP contribution in [0.5, 0.6) is 0 Å². The van der Waals surface area contributed by atoms with Gasteiger partial charge < -0.3 is 4.74 Å². The number of thioether (sulfide) groups is 1. The summed E-state index contributed by atoms with van der Waals surface area (Å²) in [5.74, 6) is -1.51. The molecule has 0 saturated carbocycles. The smallest absolute Gasteiger partial charge is 0.331 e. The number of ether oxygens (including phenoxy) is 1. The number of carbonyl (C=O) groups excluding carboxylic acids is 2. The average Bonchev–Trinajstić information content (AvgIpc) is 2.82. The number of amides is 1. The van der Waals surface area contributed by atoms with Crippen LogP contribution in [0.4, 0.5) is 4.39 Å². The Balaban J connectivity index is 2.10. The zero-order chi connectivity index (χ0) is 16.1. The van der Waals surface area contributed by atoms with Crippen LogP contribution < -0.4 is 5.32 Å². The van der Waals surface area contributed by atoms with Crippen molar-refractivity contribution in [1.29, 1.82) is 0 Å². The SMILES string of the molecule is COC(=O)/C=C1/S/C(=N\N=Cc2cc(C)ccc2F)NC1=O. The van der Waals surface area contributed by atoms with Crippen LogP contribution in [0.15, 0.2) is 39.4 Å². The van der Waals surface area contributed by atoms with Crippen LogP contribution in [-0.4, -0.2) is 30.4 Å². The third-order valence-electron chi connectivity index (χ3n) is 2.60. The third kappa shape index (κ3) is 4.01. The van der Waals surface area contributed by atoms with Crippen molar-refractivity contribution < 1.29 is 18.7 Å². The van der Waals surface area contributed by atoms with Crippen molar-refractivity contribution in [2.75, 3.05) is 7.11 Å². The van der Waals surface area contributed by atoms with Gasteiger partial charge in [-0.1, -0.05) is 11.6 Å². The van der Waals surface area contributed by atoms with Crippen molar-refractivity contribution in [1.82, 2.24) is 5.32 Å². The van der Waals surface area contributed by atoms with Crippen LogP contribution >= 0.6 is 11.8 Å². The Morgan fingerprint density at radius 1 is 1.45 bits per heavy atom. The van der Waals surface area contributed by atoms with Gasteiger partial charge in [-0.15, -0.1) is 5.10 Å². The number of carbonyl (C=O) groups is 2. The molecule has 1 fully saturated rings. The molecule has 0 unspecified atom stereocenters. The summed E-state index contributed by atoms with van der Waals surface area (Å²) in [6.07, 6.45) is 2.32. The molecule has 2 rings (SSSR count). The molecule has 1 aromatic carbocycles. The summed E-state index contributed by atoms with van der Waals surface area (Å²) in [6.45, 7) is 1.83. The number of esters is 1. The van der Waals surface area contributed by atoms with Gasteiger partial charge in [0.15, 0.2) is 5.17 Å². The van der Waals surface area contributed by atoms with E-state index in [-0.39, 0.29) is 10.1 Å². The Labute approximate surface area is 130 Å². The Kier molecular flexibility index (Phi) is 5.05. The maximum absolute atomic E-state index is 13.5. The second-order valence-corrected chi connectivity index (χ2v) is 5.29. The summed E-state index contributed by atoms with van der Waals surface area (Å²) in [4.78, 5) is 22.8. The third-order valence-corrected chi connectivity index (χ3v) is 3.50. The minimum absolute atomic E-state index is 0.155. The number of halogens is 1. The minimum Gasteiger partial charge on any atom is -0.466 e. The Morgan fingerprint density at radius 2 is 2.23 bits per heavy atom. The standard InChI is InChI=1S/C14H12FN3O3S/c1-8-3-4-10(15)9(5-8)7-16-18-14-17-13(20)11(22-14)6-12(19)21-2/h3-7H,1-2H3,(H,17,18,20)/b11-6+,16-7?. The first-order valence-electron chi connectivity index (χ1n) is 6.15. The number of aryl methyl sites for hydroxylation is 1. The van der Waals surface area contributed by atoms with Crippen LogP contribution in [0.25, 0.3) is 0 Å². The predicted octanol–water partition coefficient (Wildman–Crippen LogP) is 1.74. The number of hydrogen-bond donors (Lipinski definition) is 1. The average molecular weight is 321 g/mol. The van der Waals surface area contributed by atoms with Crippen molar-refractivity contribution in [3.05, 3.63) is 46.1 Å². The van der Waals surface area contributed by atoms with Crippen molar-refractivity contribution in [3.8, 4) is 0 Å². The lowest BCUT2D eigenvalue weighted by Gasteiger charge is -1.97. The molecule has 1 aromatic rings. The van der Waals surface area contributed by atoms with Crippen LogP contribution in [0, 0.1) is 12.7 Å². The number of nitrogens with zero attached hydrogens (tertiary/aromatic N) is 2. The number of methoxy groups -OCH3 is 1. The zero-order valence-electron chi connectivity index (χ0n) is 11.8. The quantitative estimate of drug-likeness (QED) is 0.398. The molecule has 6 nitrogen and oxygen atoms in total. The van der Waals surface area contributed by atoms with Crippen LogP contribution in [0.1, 0.15) is 11.1 Å². The summed E-state index contributed by atoms with van der Waals surface area (Å²) in [7, 11) is 1.21. The molecule has 0 bridgehead atoms. The summed E-state index contributed by atoms with van der Waals surface area (Å²) < 4.78 is 17.9. The number of rotatable bonds is 3. The molecule has 1 amide bonds. The lowest BCUT2D eigenvalue weighted by atomic mass is 10.1. The highest BCUT2D eigenvalue weighted by molar-refractivity contribution is 8.18. The van der Waals surface area contributed by atoms with E-state index >= 15 is 0 Å². The van der Waals surface area contributed by atoms with E-state index in [9.17, 15) is 14.0 Å². The van der Waals surface area contributed by atoms with E-state index in [1.165, 1.54) is 19.4 Å². The molecule has 1 aliphatic heterocycles. The number of amidine groups is 1. The number of benzene rings is 1. The normalized spacial score (nSPS) is 18.2. The first-order valence-corrected chi connectivity index (χ1v) is 6.97. The molecule has 114 valence electrons. The molecule has 1 saturated heterocycles. The van der Waals surface area contributed by atoms with Crippen molar-refractivity contribution in [2.45, 2.75) is 6.92 Å². The summed E-state index contributed by atoms with van der Waals surface area (Å²) in [6, 6.07) is 4.62. The first kappa shape index (κ1) is 15.9. The van der Waals surface area contributed by atoms with E-state index in [0.717, 1.165) is 23.4 Å². The van der Waals surface area contributed by atoms with Crippen molar-refractivity contribution in [3.63, 3.8) is 0 Å². The largest absolute Gasteiger partial charge is 0.466 e. The molecule has 0 atom stereocenters. The topological polar surface area (TPSA) is 80.1 Å². The maximum atomic E-state index is 13.5. The Hall–Kier alpha value is -2.48. The molecule has 0 radical (unpaired) electrons. The highest BCUT2D eigenvalue weighted by atomic mass is 32.2. The van der Waals surface area contributed by atoms with Gasteiger partial charge in [-0.25, -0.2) is 9.18 Å². The van der Waals surface area contributed by atoms with Gasteiger partial charge in [0.25, 0.3) is 5.91 Å². The molecule has 0 spiro atoms. The molecule has 0 aliphatic carbocycles. The van der Waals surface area contributed by atoms with Crippen LogP contribution in [0.3, 0.4) is 0 Å².